The fourth-order valence-electron chi connectivity index (χ4n) is 4.13. The molecule has 1 aromatic heterocycles. The predicted molar refractivity (Wildman–Crippen MR) is 144 cm³/mol. The lowest BCUT2D eigenvalue weighted by molar-refractivity contribution is -0.119. The summed E-state index contributed by atoms with van der Waals surface area (Å²) in [6, 6.07) is 17.2. The standard InChI is InChI=1S/C30H33N3O4/c1-6-13-36-27(35)17-37-22-9-12-25(26(34)16-22)30-32-28(23-10-7-18(2)14-20(23)4)31-29(33-30)24-11-8-19(3)15-21(24)5/h7-12,14-16,27,34-35H,6,13,17H2,1-5H3. The van der Waals surface area contributed by atoms with Gasteiger partial charge in [0, 0.05) is 23.8 Å². The zero-order chi connectivity index (χ0) is 26.5. The van der Waals surface area contributed by atoms with Gasteiger partial charge in [-0.3, -0.25) is 0 Å². The summed E-state index contributed by atoms with van der Waals surface area (Å²) in [6.07, 6.45) is -0.238. The molecule has 0 amide bonds. The number of benzene rings is 3. The molecule has 0 spiro atoms. The fourth-order valence-corrected chi connectivity index (χ4v) is 4.13. The molecule has 1 unspecified atom stereocenters. The van der Waals surface area contributed by atoms with E-state index in [4.69, 9.17) is 24.4 Å². The topological polar surface area (TPSA) is 97.6 Å². The molecular formula is C30H33N3O4. The second-order valence-electron chi connectivity index (χ2n) is 9.26. The Labute approximate surface area is 217 Å². The van der Waals surface area contributed by atoms with Crippen molar-refractivity contribution in [2.45, 2.75) is 47.3 Å². The molecule has 37 heavy (non-hydrogen) atoms. The molecule has 0 aliphatic heterocycles. The first-order valence-electron chi connectivity index (χ1n) is 12.4. The first kappa shape index (κ1) is 26.3. The van der Waals surface area contributed by atoms with Crippen LogP contribution in [0.15, 0.2) is 54.6 Å². The molecule has 0 saturated heterocycles. The van der Waals surface area contributed by atoms with E-state index in [0.29, 0.717) is 35.4 Å². The van der Waals surface area contributed by atoms with Crippen molar-refractivity contribution in [3.05, 3.63) is 76.9 Å². The van der Waals surface area contributed by atoms with Crippen LogP contribution in [0.5, 0.6) is 11.5 Å². The van der Waals surface area contributed by atoms with Crippen LogP contribution in [-0.4, -0.2) is 44.7 Å². The van der Waals surface area contributed by atoms with E-state index in [1.807, 2.05) is 58.9 Å². The molecule has 0 bridgehead atoms. The molecule has 7 nitrogen and oxygen atoms in total. The van der Waals surface area contributed by atoms with Crippen molar-refractivity contribution in [2.24, 2.45) is 0 Å². The highest BCUT2D eigenvalue weighted by Gasteiger charge is 2.17. The summed E-state index contributed by atoms with van der Waals surface area (Å²) in [5.41, 5.74) is 6.68. The van der Waals surface area contributed by atoms with Crippen molar-refractivity contribution < 1.29 is 19.7 Å². The average molecular weight is 500 g/mol. The molecule has 0 aliphatic carbocycles. The SMILES string of the molecule is CCCOC(O)COc1ccc(-c2nc(-c3ccc(C)cc3C)nc(-c3ccc(C)cc3C)n2)c(O)c1. The second-order valence-corrected chi connectivity index (χ2v) is 9.26. The van der Waals surface area contributed by atoms with Crippen LogP contribution >= 0.6 is 0 Å². The van der Waals surface area contributed by atoms with Crippen LogP contribution in [0.2, 0.25) is 0 Å². The Hall–Kier alpha value is -3.81. The van der Waals surface area contributed by atoms with Gasteiger partial charge in [0.05, 0.1) is 5.56 Å². The molecule has 192 valence electrons. The van der Waals surface area contributed by atoms with Crippen molar-refractivity contribution in [1.82, 2.24) is 15.0 Å². The number of hydrogen-bond acceptors (Lipinski definition) is 7. The van der Waals surface area contributed by atoms with Crippen LogP contribution < -0.4 is 4.74 Å². The van der Waals surface area contributed by atoms with E-state index in [0.717, 1.165) is 39.8 Å². The third kappa shape index (κ3) is 6.31. The van der Waals surface area contributed by atoms with Gasteiger partial charge < -0.3 is 19.7 Å². The number of aryl methyl sites for hydroxylation is 4. The summed E-state index contributed by atoms with van der Waals surface area (Å²) >= 11 is 0. The highest BCUT2D eigenvalue weighted by atomic mass is 16.6. The number of aromatic hydroxyl groups is 1. The molecule has 4 rings (SSSR count). The third-order valence-electron chi connectivity index (χ3n) is 6.00. The Morgan fingerprint density at radius 2 is 1.24 bits per heavy atom. The van der Waals surface area contributed by atoms with Crippen LogP contribution in [0.3, 0.4) is 0 Å². The van der Waals surface area contributed by atoms with E-state index >= 15 is 0 Å². The number of ether oxygens (including phenoxy) is 2. The maximum atomic E-state index is 10.9. The zero-order valence-corrected chi connectivity index (χ0v) is 21.9. The maximum Gasteiger partial charge on any atom is 0.189 e. The minimum absolute atomic E-state index is 0.0363. The van der Waals surface area contributed by atoms with E-state index in [-0.39, 0.29) is 12.4 Å². The van der Waals surface area contributed by atoms with Gasteiger partial charge in [-0.15, -0.1) is 0 Å². The number of phenols is 1. The molecule has 7 heteroatoms. The molecular weight excluding hydrogens is 466 g/mol. The monoisotopic (exact) mass is 499 g/mol. The van der Waals surface area contributed by atoms with Crippen LogP contribution in [0.25, 0.3) is 34.2 Å². The Balaban J connectivity index is 1.75. The molecule has 0 radical (unpaired) electrons. The largest absolute Gasteiger partial charge is 0.507 e. The van der Waals surface area contributed by atoms with E-state index in [1.165, 1.54) is 6.07 Å². The third-order valence-corrected chi connectivity index (χ3v) is 6.00. The van der Waals surface area contributed by atoms with Gasteiger partial charge in [0.15, 0.2) is 23.8 Å². The highest BCUT2D eigenvalue weighted by Crippen LogP contribution is 2.34. The summed E-state index contributed by atoms with van der Waals surface area (Å²) in [5, 5.41) is 20.7. The number of phenolic OH excluding ortho intramolecular Hbond substituents is 1. The molecule has 1 atom stereocenters. The van der Waals surface area contributed by atoms with Crippen LogP contribution in [0.1, 0.15) is 35.6 Å². The van der Waals surface area contributed by atoms with E-state index in [1.54, 1.807) is 12.1 Å². The van der Waals surface area contributed by atoms with Crippen molar-refractivity contribution in [3.63, 3.8) is 0 Å². The highest BCUT2D eigenvalue weighted by molar-refractivity contribution is 5.72. The van der Waals surface area contributed by atoms with Crippen LogP contribution in [0.4, 0.5) is 0 Å². The zero-order valence-electron chi connectivity index (χ0n) is 21.9. The first-order chi connectivity index (χ1) is 17.7. The Morgan fingerprint density at radius 3 is 1.73 bits per heavy atom. The summed E-state index contributed by atoms with van der Waals surface area (Å²) in [4.78, 5) is 14.3. The van der Waals surface area contributed by atoms with Crippen molar-refractivity contribution in [2.75, 3.05) is 13.2 Å². The molecule has 1 heterocycles. The summed E-state index contributed by atoms with van der Waals surface area (Å²) in [5.74, 6) is 1.79. The molecule has 4 aromatic rings. The van der Waals surface area contributed by atoms with Crippen LogP contribution in [0, 0.1) is 27.7 Å². The number of aromatic nitrogens is 3. The van der Waals surface area contributed by atoms with Gasteiger partial charge in [-0.2, -0.15) is 0 Å². The van der Waals surface area contributed by atoms with Gasteiger partial charge in [-0.1, -0.05) is 54.4 Å². The minimum atomic E-state index is -1.04. The Bertz CT molecular complexity index is 1330. The van der Waals surface area contributed by atoms with Gasteiger partial charge in [-0.25, -0.2) is 15.0 Å². The second kappa shape index (κ2) is 11.5. The lowest BCUT2D eigenvalue weighted by atomic mass is 10.0. The summed E-state index contributed by atoms with van der Waals surface area (Å²) < 4.78 is 10.8. The van der Waals surface area contributed by atoms with Gasteiger partial charge in [0.2, 0.25) is 0 Å². The lowest BCUT2D eigenvalue weighted by Gasteiger charge is -2.14. The minimum Gasteiger partial charge on any atom is -0.507 e. The van der Waals surface area contributed by atoms with Crippen molar-refractivity contribution in [1.29, 1.82) is 0 Å². The fraction of sp³-hybridized carbons (Fsp3) is 0.300. The predicted octanol–water partition coefficient (Wildman–Crippen LogP) is 5.94. The van der Waals surface area contributed by atoms with Gasteiger partial charge in [0.1, 0.15) is 18.1 Å². The molecule has 0 saturated carbocycles. The lowest BCUT2D eigenvalue weighted by Crippen LogP contribution is -2.21. The van der Waals surface area contributed by atoms with Crippen molar-refractivity contribution >= 4 is 0 Å². The molecule has 2 N–H and O–H groups in total. The van der Waals surface area contributed by atoms with E-state index < -0.39 is 6.29 Å². The van der Waals surface area contributed by atoms with Crippen LogP contribution in [-0.2, 0) is 4.74 Å². The normalized spacial score (nSPS) is 11.9. The molecule has 0 aliphatic rings. The van der Waals surface area contributed by atoms with Gasteiger partial charge in [-0.05, 0) is 57.4 Å². The summed E-state index contributed by atoms with van der Waals surface area (Å²) in [6.45, 7) is 10.5. The number of hydrogen-bond donors (Lipinski definition) is 2. The molecule has 0 fully saturated rings. The number of rotatable bonds is 9. The van der Waals surface area contributed by atoms with Gasteiger partial charge >= 0.3 is 0 Å². The van der Waals surface area contributed by atoms with Gasteiger partial charge in [0.25, 0.3) is 0 Å². The smallest absolute Gasteiger partial charge is 0.189 e. The Morgan fingerprint density at radius 1 is 0.730 bits per heavy atom. The number of aliphatic hydroxyl groups is 1. The average Bonchev–Trinajstić information content (AvgIpc) is 2.86. The maximum absolute atomic E-state index is 10.9. The van der Waals surface area contributed by atoms with E-state index in [2.05, 4.69) is 12.1 Å². The molecule has 3 aromatic carbocycles. The van der Waals surface area contributed by atoms with Crippen molar-refractivity contribution in [3.8, 4) is 45.7 Å². The quantitative estimate of drug-likeness (QED) is 0.275. The van der Waals surface area contributed by atoms with E-state index in [9.17, 15) is 10.2 Å². The number of nitrogens with zero attached hydrogens (tertiary/aromatic N) is 3. The Kier molecular flexibility index (Phi) is 8.16. The number of aliphatic hydroxyl groups excluding tert-OH is 1. The summed E-state index contributed by atoms with van der Waals surface area (Å²) in [7, 11) is 0. The first-order valence-corrected chi connectivity index (χ1v) is 12.4.